The molecular weight excluding hydrogens is 466 g/mol. The minimum Gasteiger partial charge on any atom is -0.340 e. The summed E-state index contributed by atoms with van der Waals surface area (Å²) < 4.78 is 53.4. The lowest BCUT2D eigenvalue weighted by molar-refractivity contribution is -0.0494. The van der Waals surface area contributed by atoms with E-state index in [2.05, 4.69) is 30.6 Å². The summed E-state index contributed by atoms with van der Waals surface area (Å²) in [4.78, 5) is 30.0. The van der Waals surface area contributed by atoms with Gasteiger partial charge in [-0.1, -0.05) is 0 Å². The molecule has 3 N–H and O–H groups in total. The second-order valence-corrected chi connectivity index (χ2v) is 8.13. The van der Waals surface area contributed by atoms with Crippen molar-refractivity contribution in [3.05, 3.63) is 66.0 Å². The second kappa shape index (κ2) is 8.85. The highest BCUT2D eigenvalue weighted by molar-refractivity contribution is 5.95. The first-order chi connectivity index (χ1) is 16.8. The van der Waals surface area contributed by atoms with Crippen molar-refractivity contribution in [3.63, 3.8) is 0 Å². The summed E-state index contributed by atoms with van der Waals surface area (Å²) in [6, 6.07) is 8.10. The first-order valence-corrected chi connectivity index (χ1v) is 10.7. The summed E-state index contributed by atoms with van der Waals surface area (Å²) >= 11 is 0. The van der Waals surface area contributed by atoms with Crippen molar-refractivity contribution in [2.24, 2.45) is 0 Å². The first kappa shape index (κ1) is 22.6. The van der Waals surface area contributed by atoms with Crippen LogP contribution in [0.1, 0.15) is 23.2 Å². The largest absolute Gasteiger partial charge is 0.340 e. The Morgan fingerprint density at radius 3 is 2.51 bits per heavy atom. The number of halogens is 4. The van der Waals surface area contributed by atoms with Crippen molar-refractivity contribution in [1.29, 1.82) is 0 Å². The maximum atomic E-state index is 13.4. The topological polar surface area (TPSA) is 98.8 Å². The van der Waals surface area contributed by atoms with Gasteiger partial charge in [0.05, 0.1) is 17.2 Å². The third-order valence-electron chi connectivity index (χ3n) is 5.59. The summed E-state index contributed by atoms with van der Waals surface area (Å²) in [6.45, 7) is -0.0111. The molecule has 1 fully saturated rings. The smallest absolute Gasteiger partial charge is 0.254 e. The average Bonchev–Trinajstić information content (AvgIpc) is 3.22. The van der Waals surface area contributed by atoms with Gasteiger partial charge < -0.3 is 20.5 Å². The van der Waals surface area contributed by atoms with E-state index in [-0.39, 0.29) is 31.8 Å². The number of anilines is 4. The molecule has 180 valence electrons. The summed E-state index contributed by atoms with van der Waals surface area (Å²) in [5.74, 6) is -3.95. The van der Waals surface area contributed by atoms with Crippen LogP contribution < -0.4 is 10.6 Å². The van der Waals surface area contributed by atoms with Gasteiger partial charge in [-0.2, -0.15) is 0 Å². The number of piperidine rings is 1. The van der Waals surface area contributed by atoms with Gasteiger partial charge in [-0.15, -0.1) is 0 Å². The zero-order valence-electron chi connectivity index (χ0n) is 18.2. The second-order valence-electron chi connectivity index (χ2n) is 8.13. The fourth-order valence-electron chi connectivity index (χ4n) is 3.73. The number of carbonyl (C=O) groups is 1. The molecule has 0 saturated carbocycles. The van der Waals surface area contributed by atoms with E-state index in [1.807, 2.05) is 0 Å². The SMILES string of the molecule is O=C(c1ccnc(Nc2nc3cc(Nc4ccc(F)c(F)c4)ncc3[nH]2)c1)N1CCC(F)(F)CC1. The molecule has 1 aliphatic heterocycles. The van der Waals surface area contributed by atoms with Crippen molar-refractivity contribution in [2.45, 2.75) is 18.8 Å². The Labute approximate surface area is 196 Å². The highest BCUT2D eigenvalue weighted by Gasteiger charge is 2.35. The first-order valence-electron chi connectivity index (χ1n) is 10.7. The molecule has 12 heteroatoms. The Balaban J connectivity index is 1.30. The number of hydrogen-bond donors (Lipinski definition) is 3. The Morgan fingerprint density at radius 2 is 1.74 bits per heavy atom. The van der Waals surface area contributed by atoms with Gasteiger partial charge in [0.15, 0.2) is 11.6 Å². The zero-order chi connectivity index (χ0) is 24.6. The molecule has 0 bridgehead atoms. The standard InChI is InChI=1S/C23H19F4N7O/c24-15-2-1-14(10-16(15)25)30-20-11-17-18(12-29-20)32-22(31-17)33-19-9-13(3-6-28-19)21(35)34-7-4-23(26,27)5-8-34/h1-3,6,9-12H,4-5,7-8H2,(H,29,30)(H2,28,31,32,33). The van der Waals surface area contributed by atoms with Crippen molar-refractivity contribution in [2.75, 3.05) is 23.7 Å². The lowest BCUT2D eigenvalue weighted by atomic mass is 10.1. The van der Waals surface area contributed by atoms with Crippen LogP contribution in [-0.4, -0.2) is 49.8 Å². The summed E-state index contributed by atoms with van der Waals surface area (Å²) in [5.41, 5.74) is 1.79. The molecule has 4 aromatic rings. The number of pyridine rings is 2. The van der Waals surface area contributed by atoms with Gasteiger partial charge in [0.1, 0.15) is 11.6 Å². The molecule has 0 aliphatic carbocycles. The predicted molar refractivity (Wildman–Crippen MR) is 121 cm³/mol. The van der Waals surface area contributed by atoms with Crippen molar-refractivity contribution in [1.82, 2.24) is 24.8 Å². The molecule has 0 atom stereocenters. The van der Waals surface area contributed by atoms with Crippen LogP contribution in [0.25, 0.3) is 11.0 Å². The molecule has 35 heavy (non-hydrogen) atoms. The van der Waals surface area contributed by atoms with Crippen LogP contribution in [0.15, 0.2) is 48.8 Å². The number of amides is 1. The molecule has 0 spiro atoms. The van der Waals surface area contributed by atoms with Crippen LogP contribution in [0.4, 0.5) is 40.8 Å². The van der Waals surface area contributed by atoms with Crippen molar-refractivity contribution < 1.29 is 22.4 Å². The number of aromatic amines is 1. The van der Waals surface area contributed by atoms with Crippen LogP contribution in [0.3, 0.4) is 0 Å². The van der Waals surface area contributed by atoms with E-state index in [9.17, 15) is 22.4 Å². The van der Waals surface area contributed by atoms with E-state index in [0.29, 0.717) is 39.9 Å². The Hall–Kier alpha value is -4.22. The lowest BCUT2D eigenvalue weighted by Crippen LogP contribution is -2.42. The van der Waals surface area contributed by atoms with Gasteiger partial charge in [-0.05, 0) is 24.3 Å². The molecular formula is C23H19F4N7O. The number of carbonyl (C=O) groups excluding carboxylic acids is 1. The number of hydrogen-bond acceptors (Lipinski definition) is 6. The molecule has 1 saturated heterocycles. The molecule has 8 nitrogen and oxygen atoms in total. The number of aromatic nitrogens is 4. The highest BCUT2D eigenvalue weighted by Crippen LogP contribution is 2.29. The summed E-state index contributed by atoms with van der Waals surface area (Å²) in [6.07, 6.45) is 2.27. The Morgan fingerprint density at radius 1 is 0.971 bits per heavy atom. The van der Waals surface area contributed by atoms with Crippen LogP contribution in [0, 0.1) is 11.6 Å². The molecule has 0 radical (unpaired) electrons. The molecule has 3 aromatic heterocycles. The van der Waals surface area contributed by atoms with Crippen LogP contribution in [0.2, 0.25) is 0 Å². The molecule has 1 amide bonds. The predicted octanol–water partition coefficient (Wildman–Crippen LogP) is 4.99. The molecule has 0 unspecified atom stereocenters. The van der Waals surface area contributed by atoms with Gasteiger partial charge in [-0.3, -0.25) is 4.79 Å². The van der Waals surface area contributed by atoms with Gasteiger partial charge in [0, 0.05) is 55.5 Å². The van der Waals surface area contributed by atoms with Crippen LogP contribution >= 0.6 is 0 Å². The Bertz CT molecular complexity index is 1400. The monoisotopic (exact) mass is 485 g/mol. The molecule has 4 heterocycles. The van der Waals surface area contributed by atoms with Gasteiger partial charge in [-0.25, -0.2) is 32.5 Å². The normalized spacial score (nSPS) is 15.3. The number of imidazole rings is 1. The quantitative estimate of drug-likeness (QED) is 0.345. The van der Waals surface area contributed by atoms with Crippen molar-refractivity contribution >= 4 is 40.2 Å². The number of rotatable bonds is 5. The molecule has 5 rings (SSSR count). The fraction of sp³-hybridized carbons (Fsp3) is 0.217. The van der Waals surface area contributed by atoms with Crippen LogP contribution in [-0.2, 0) is 0 Å². The fourth-order valence-corrected chi connectivity index (χ4v) is 3.73. The van der Waals surface area contributed by atoms with E-state index in [0.717, 1.165) is 12.1 Å². The van der Waals surface area contributed by atoms with Crippen molar-refractivity contribution in [3.8, 4) is 0 Å². The minimum atomic E-state index is -2.73. The number of fused-ring (bicyclic) bond motifs is 1. The number of nitrogens with zero attached hydrogens (tertiary/aromatic N) is 4. The van der Waals surface area contributed by atoms with E-state index >= 15 is 0 Å². The van der Waals surface area contributed by atoms with Gasteiger partial charge >= 0.3 is 0 Å². The van der Waals surface area contributed by atoms with Gasteiger partial charge in [0.2, 0.25) is 5.95 Å². The number of nitrogens with one attached hydrogen (secondary N) is 3. The number of benzene rings is 1. The average molecular weight is 485 g/mol. The third kappa shape index (κ3) is 5.00. The minimum absolute atomic E-state index is 0.00553. The van der Waals surface area contributed by atoms with E-state index in [1.54, 1.807) is 6.07 Å². The van der Waals surface area contributed by atoms with E-state index < -0.39 is 17.6 Å². The van der Waals surface area contributed by atoms with E-state index in [1.165, 1.54) is 35.5 Å². The summed E-state index contributed by atoms with van der Waals surface area (Å²) in [7, 11) is 0. The van der Waals surface area contributed by atoms with Gasteiger partial charge in [0.25, 0.3) is 11.8 Å². The summed E-state index contributed by atoms with van der Waals surface area (Å²) in [5, 5.41) is 5.87. The number of likely N-dealkylation sites (tertiary alicyclic amines) is 1. The zero-order valence-corrected chi connectivity index (χ0v) is 18.2. The van der Waals surface area contributed by atoms with E-state index in [4.69, 9.17) is 0 Å². The number of alkyl halides is 2. The third-order valence-corrected chi connectivity index (χ3v) is 5.59. The lowest BCUT2D eigenvalue weighted by Gasteiger charge is -2.31. The number of H-pyrrole nitrogens is 1. The Kier molecular flexibility index (Phi) is 5.71. The van der Waals surface area contributed by atoms with Crippen LogP contribution in [0.5, 0.6) is 0 Å². The molecule has 1 aliphatic rings. The molecule has 1 aromatic carbocycles. The maximum absolute atomic E-state index is 13.4. The highest BCUT2D eigenvalue weighted by atomic mass is 19.3. The maximum Gasteiger partial charge on any atom is 0.254 e.